The Hall–Kier alpha value is -1.55. The van der Waals surface area contributed by atoms with Gasteiger partial charge in [0.25, 0.3) is 0 Å². The Kier molecular flexibility index (Phi) is 6.58. The van der Waals surface area contributed by atoms with Crippen LogP contribution in [0.4, 0.5) is 5.69 Å². The van der Waals surface area contributed by atoms with E-state index in [2.05, 4.69) is 60.3 Å². The largest absolute Gasteiger partial charge is 0.371 e. The Morgan fingerprint density at radius 2 is 1.85 bits per heavy atom. The lowest BCUT2D eigenvalue weighted by atomic mass is 9.93. The molecule has 26 heavy (non-hydrogen) atoms. The first-order valence-corrected chi connectivity index (χ1v) is 10.3. The molecule has 144 valence electrons. The van der Waals surface area contributed by atoms with Gasteiger partial charge in [0.2, 0.25) is 5.91 Å². The molecule has 0 aliphatic carbocycles. The molecule has 2 heterocycles. The molecule has 4 heteroatoms. The normalized spacial score (nSPS) is 23.7. The molecule has 0 radical (unpaired) electrons. The highest BCUT2D eigenvalue weighted by Gasteiger charge is 2.21. The molecule has 0 spiro atoms. The number of hydrogen-bond acceptors (Lipinski definition) is 3. The van der Waals surface area contributed by atoms with Gasteiger partial charge in [-0.1, -0.05) is 19.1 Å². The fourth-order valence-corrected chi connectivity index (χ4v) is 4.31. The zero-order valence-electron chi connectivity index (χ0n) is 16.7. The van der Waals surface area contributed by atoms with Crippen LogP contribution in [0, 0.1) is 11.8 Å². The van der Waals surface area contributed by atoms with Crippen LogP contribution in [-0.2, 0) is 4.79 Å². The lowest BCUT2D eigenvalue weighted by Gasteiger charge is -2.33. The minimum absolute atomic E-state index is 0.0723. The number of piperidine rings is 2. The second-order valence-electron chi connectivity index (χ2n) is 8.52. The molecule has 0 bridgehead atoms. The number of likely N-dealkylation sites (tertiary alicyclic amines) is 1. The molecule has 2 fully saturated rings. The van der Waals surface area contributed by atoms with Crippen LogP contribution in [0.5, 0.6) is 0 Å². The third-order valence-electron chi connectivity index (χ3n) is 6.10. The quantitative estimate of drug-likeness (QED) is 0.870. The number of anilines is 1. The van der Waals surface area contributed by atoms with Gasteiger partial charge in [-0.2, -0.15) is 0 Å². The van der Waals surface area contributed by atoms with E-state index in [1.54, 1.807) is 0 Å². The molecule has 1 aromatic carbocycles. The molecule has 3 rings (SSSR count). The first-order chi connectivity index (χ1) is 12.5. The van der Waals surface area contributed by atoms with E-state index in [0.29, 0.717) is 12.3 Å². The number of carbonyl (C=O) groups excluding carboxylic acids is 1. The van der Waals surface area contributed by atoms with E-state index >= 15 is 0 Å². The van der Waals surface area contributed by atoms with Crippen molar-refractivity contribution >= 4 is 11.6 Å². The fourth-order valence-electron chi connectivity index (χ4n) is 4.31. The van der Waals surface area contributed by atoms with E-state index in [0.717, 1.165) is 44.9 Å². The zero-order valence-corrected chi connectivity index (χ0v) is 16.7. The van der Waals surface area contributed by atoms with Gasteiger partial charge in [0.1, 0.15) is 0 Å². The molecule has 0 unspecified atom stereocenters. The summed E-state index contributed by atoms with van der Waals surface area (Å²) < 4.78 is 0. The second-order valence-corrected chi connectivity index (χ2v) is 8.52. The van der Waals surface area contributed by atoms with Crippen LogP contribution in [0.2, 0.25) is 0 Å². The number of nitrogens with one attached hydrogen (secondary N) is 1. The Bertz CT molecular complexity index is 578. The van der Waals surface area contributed by atoms with Crippen molar-refractivity contribution in [2.24, 2.45) is 11.8 Å². The van der Waals surface area contributed by atoms with Gasteiger partial charge in [0.15, 0.2) is 0 Å². The Morgan fingerprint density at radius 3 is 2.50 bits per heavy atom. The molecule has 2 aliphatic rings. The average molecular weight is 358 g/mol. The fraction of sp³-hybridized carbons (Fsp3) is 0.682. The van der Waals surface area contributed by atoms with Gasteiger partial charge in [-0.15, -0.1) is 0 Å². The summed E-state index contributed by atoms with van der Waals surface area (Å²) in [5.41, 5.74) is 2.50. The lowest BCUT2D eigenvalue weighted by Crippen LogP contribution is -2.34. The Balaban J connectivity index is 1.49. The van der Waals surface area contributed by atoms with Gasteiger partial charge in [-0.3, -0.25) is 4.79 Å². The van der Waals surface area contributed by atoms with Crippen molar-refractivity contribution in [2.45, 2.75) is 52.0 Å². The standard InChI is InChI=1S/C22H35N3O/c1-17-5-4-12-25(16-17)21-8-6-20(7-9-21)18(2)23-22(26)15-19-10-13-24(3)14-11-19/h6-9,17-19H,4-5,10-16H2,1-3H3,(H,23,26)/t17-,18+/m1/s1. The highest BCUT2D eigenvalue weighted by Crippen LogP contribution is 2.25. The number of rotatable bonds is 5. The number of amides is 1. The minimum Gasteiger partial charge on any atom is -0.371 e. The molecule has 4 nitrogen and oxygen atoms in total. The highest BCUT2D eigenvalue weighted by molar-refractivity contribution is 5.76. The molecule has 1 N–H and O–H groups in total. The van der Waals surface area contributed by atoms with Crippen molar-refractivity contribution in [3.63, 3.8) is 0 Å². The lowest BCUT2D eigenvalue weighted by molar-refractivity contribution is -0.123. The van der Waals surface area contributed by atoms with Gasteiger partial charge >= 0.3 is 0 Å². The molecule has 1 aromatic rings. The van der Waals surface area contributed by atoms with Gasteiger partial charge in [0, 0.05) is 25.2 Å². The van der Waals surface area contributed by atoms with Crippen molar-refractivity contribution in [3.8, 4) is 0 Å². The third kappa shape index (κ3) is 5.23. The van der Waals surface area contributed by atoms with Crippen molar-refractivity contribution in [3.05, 3.63) is 29.8 Å². The van der Waals surface area contributed by atoms with Crippen LogP contribution in [0.1, 0.15) is 57.6 Å². The summed E-state index contributed by atoms with van der Waals surface area (Å²) in [5, 5.41) is 3.19. The van der Waals surface area contributed by atoms with E-state index < -0.39 is 0 Å². The first kappa shape index (κ1) is 19.2. The minimum atomic E-state index is 0.0723. The molecule has 2 atom stereocenters. The first-order valence-electron chi connectivity index (χ1n) is 10.3. The predicted molar refractivity (Wildman–Crippen MR) is 108 cm³/mol. The molecular formula is C22H35N3O. The van der Waals surface area contributed by atoms with Crippen LogP contribution in [0.25, 0.3) is 0 Å². The Labute approximate surface area is 158 Å². The van der Waals surface area contributed by atoms with Gasteiger partial charge < -0.3 is 15.1 Å². The zero-order chi connectivity index (χ0) is 18.5. The topological polar surface area (TPSA) is 35.6 Å². The van der Waals surface area contributed by atoms with Crippen LogP contribution >= 0.6 is 0 Å². The summed E-state index contributed by atoms with van der Waals surface area (Å²) in [5.74, 6) is 1.52. The molecular weight excluding hydrogens is 322 g/mol. The van der Waals surface area contributed by atoms with Crippen LogP contribution in [-0.4, -0.2) is 44.0 Å². The molecule has 0 saturated carbocycles. The Morgan fingerprint density at radius 1 is 1.15 bits per heavy atom. The number of hydrogen-bond donors (Lipinski definition) is 1. The van der Waals surface area contributed by atoms with Crippen LogP contribution in [0.15, 0.2) is 24.3 Å². The maximum Gasteiger partial charge on any atom is 0.220 e. The average Bonchev–Trinajstić information content (AvgIpc) is 2.64. The molecule has 0 aromatic heterocycles. The molecule has 2 saturated heterocycles. The third-order valence-corrected chi connectivity index (χ3v) is 6.10. The highest BCUT2D eigenvalue weighted by atomic mass is 16.1. The van der Waals surface area contributed by atoms with E-state index in [4.69, 9.17) is 0 Å². The summed E-state index contributed by atoms with van der Waals surface area (Å²) in [4.78, 5) is 17.2. The van der Waals surface area contributed by atoms with E-state index in [1.165, 1.54) is 24.1 Å². The predicted octanol–water partition coefficient (Wildman–Crippen LogP) is 3.83. The maximum atomic E-state index is 12.4. The summed E-state index contributed by atoms with van der Waals surface area (Å²) >= 11 is 0. The summed E-state index contributed by atoms with van der Waals surface area (Å²) in [6.07, 6.45) is 5.58. The summed E-state index contributed by atoms with van der Waals surface area (Å²) in [7, 11) is 2.16. The summed E-state index contributed by atoms with van der Waals surface area (Å²) in [6.45, 7) is 8.97. The van der Waals surface area contributed by atoms with E-state index in [-0.39, 0.29) is 11.9 Å². The van der Waals surface area contributed by atoms with Crippen LogP contribution < -0.4 is 10.2 Å². The van der Waals surface area contributed by atoms with Crippen molar-refractivity contribution in [1.82, 2.24) is 10.2 Å². The van der Waals surface area contributed by atoms with Crippen molar-refractivity contribution < 1.29 is 4.79 Å². The van der Waals surface area contributed by atoms with Gasteiger partial charge in [-0.05, 0) is 82.3 Å². The van der Waals surface area contributed by atoms with E-state index in [1.807, 2.05) is 0 Å². The summed E-state index contributed by atoms with van der Waals surface area (Å²) in [6, 6.07) is 8.85. The smallest absolute Gasteiger partial charge is 0.220 e. The van der Waals surface area contributed by atoms with Crippen LogP contribution in [0.3, 0.4) is 0 Å². The molecule has 1 amide bonds. The maximum absolute atomic E-state index is 12.4. The van der Waals surface area contributed by atoms with Gasteiger partial charge in [-0.25, -0.2) is 0 Å². The van der Waals surface area contributed by atoms with Gasteiger partial charge in [0.05, 0.1) is 6.04 Å². The van der Waals surface area contributed by atoms with Crippen molar-refractivity contribution in [1.29, 1.82) is 0 Å². The number of benzene rings is 1. The monoisotopic (exact) mass is 357 g/mol. The van der Waals surface area contributed by atoms with E-state index in [9.17, 15) is 4.79 Å². The SMILES string of the molecule is C[C@@H]1CCCN(c2ccc([C@H](C)NC(=O)CC3CCN(C)CC3)cc2)C1. The second kappa shape index (κ2) is 8.90. The molecule has 2 aliphatic heterocycles. The van der Waals surface area contributed by atoms with Crippen molar-refractivity contribution in [2.75, 3.05) is 38.1 Å². The number of nitrogens with zero attached hydrogens (tertiary/aromatic N) is 2. The number of carbonyl (C=O) groups is 1.